The number of hydrogen-bond donors (Lipinski definition) is 2. The summed E-state index contributed by atoms with van der Waals surface area (Å²) in [6.07, 6.45) is 0. The van der Waals surface area contributed by atoms with Crippen molar-refractivity contribution in [2.75, 3.05) is 45.1 Å². The van der Waals surface area contributed by atoms with E-state index in [9.17, 15) is 0 Å². The maximum absolute atomic E-state index is 5.84. The minimum absolute atomic E-state index is 0.0906. The lowest BCUT2D eigenvalue weighted by molar-refractivity contribution is 0.170. The highest BCUT2D eigenvalue weighted by Gasteiger charge is 2.47. The number of epoxide rings is 1. The Morgan fingerprint density at radius 1 is 1.35 bits per heavy atom. The van der Waals surface area contributed by atoms with Crippen molar-refractivity contribution in [3.05, 3.63) is 29.8 Å². The van der Waals surface area contributed by atoms with Gasteiger partial charge in [0.2, 0.25) is 0 Å². The molecule has 4 heteroatoms. The highest BCUT2D eigenvalue weighted by molar-refractivity contribution is 5.44. The Kier molecular flexibility index (Phi) is 2.78. The second-order valence-corrected chi connectivity index (χ2v) is 4.93. The summed E-state index contributed by atoms with van der Waals surface area (Å²) in [5, 5.41) is 3.37. The van der Waals surface area contributed by atoms with Gasteiger partial charge >= 0.3 is 0 Å². The van der Waals surface area contributed by atoms with E-state index in [1.165, 1.54) is 5.56 Å². The Morgan fingerprint density at radius 2 is 2.12 bits per heavy atom. The first kappa shape index (κ1) is 11.0. The van der Waals surface area contributed by atoms with Crippen molar-refractivity contribution in [3.63, 3.8) is 0 Å². The summed E-state index contributed by atoms with van der Waals surface area (Å²) in [6.45, 7) is 6.17. The second kappa shape index (κ2) is 4.29. The van der Waals surface area contributed by atoms with E-state index in [2.05, 4.69) is 16.3 Å². The van der Waals surface area contributed by atoms with Gasteiger partial charge in [-0.2, -0.15) is 0 Å². The van der Waals surface area contributed by atoms with Crippen LogP contribution in [-0.4, -0.2) is 44.2 Å². The topological polar surface area (TPSA) is 53.8 Å². The average molecular weight is 233 g/mol. The van der Waals surface area contributed by atoms with Crippen molar-refractivity contribution < 1.29 is 4.74 Å². The van der Waals surface area contributed by atoms with E-state index in [4.69, 9.17) is 10.5 Å². The molecular formula is C13H19N3O. The number of nitrogen functional groups attached to an aromatic ring is 1. The fraction of sp³-hybridized carbons (Fsp3) is 0.538. The molecule has 0 saturated carbocycles. The van der Waals surface area contributed by atoms with Crippen molar-refractivity contribution in [1.29, 1.82) is 0 Å². The molecule has 2 fully saturated rings. The molecule has 3 rings (SSSR count). The van der Waals surface area contributed by atoms with Gasteiger partial charge in [-0.1, -0.05) is 12.1 Å². The van der Waals surface area contributed by atoms with Crippen LogP contribution >= 0.6 is 0 Å². The fourth-order valence-electron chi connectivity index (χ4n) is 2.49. The molecule has 92 valence electrons. The number of nitrogens with zero attached hydrogens (tertiary/aromatic N) is 1. The smallest absolute Gasteiger partial charge is 0.129 e. The maximum Gasteiger partial charge on any atom is 0.129 e. The first-order chi connectivity index (χ1) is 8.28. The predicted molar refractivity (Wildman–Crippen MR) is 67.8 cm³/mol. The maximum atomic E-state index is 5.84. The minimum atomic E-state index is -0.0906. The zero-order chi connectivity index (χ0) is 11.7. The van der Waals surface area contributed by atoms with Gasteiger partial charge in [0.05, 0.1) is 6.61 Å². The molecule has 0 aliphatic carbocycles. The van der Waals surface area contributed by atoms with Crippen molar-refractivity contribution >= 4 is 5.69 Å². The van der Waals surface area contributed by atoms with E-state index in [0.29, 0.717) is 0 Å². The average Bonchev–Trinajstić information content (AvgIpc) is 3.11. The largest absolute Gasteiger partial charge is 0.399 e. The third-order valence-electron chi connectivity index (χ3n) is 3.59. The van der Waals surface area contributed by atoms with Crippen LogP contribution in [0.25, 0.3) is 0 Å². The molecule has 3 N–H and O–H groups in total. The summed E-state index contributed by atoms with van der Waals surface area (Å²) in [5.74, 6) is 0. The molecule has 1 aromatic rings. The van der Waals surface area contributed by atoms with Crippen molar-refractivity contribution in [3.8, 4) is 0 Å². The predicted octanol–water partition coefficient (Wildman–Crippen LogP) is 0.400. The number of nitrogens with two attached hydrogens (primary N) is 1. The van der Waals surface area contributed by atoms with Crippen molar-refractivity contribution in [2.45, 2.75) is 5.60 Å². The van der Waals surface area contributed by atoms with Crippen molar-refractivity contribution in [1.82, 2.24) is 10.2 Å². The molecule has 2 heterocycles. The third kappa shape index (κ3) is 2.29. The van der Waals surface area contributed by atoms with E-state index in [1.54, 1.807) is 0 Å². The summed E-state index contributed by atoms with van der Waals surface area (Å²) in [5.41, 5.74) is 7.78. The van der Waals surface area contributed by atoms with Crippen LogP contribution in [0, 0.1) is 0 Å². The summed E-state index contributed by atoms with van der Waals surface area (Å²) in [6, 6.07) is 8.08. The van der Waals surface area contributed by atoms with E-state index >= 15 is 0 Å². The van der Waals surface area contributed by atoms with E-state index < -0.39 is 0 Å². The fourth-order valence-corrected chi connectivity index (χ4v) is 2.49. The van der Waals surface area contributed by atoms with Gasteiger partial charge in [0, 0.05) is 38.4 Å². The van der Waals surface area contributed by atoms with Gasteiger partial charge in [-0.3, -0.25) is 4.90 Å². The van der Waals surface area contributed by atoms with Crippen LogP contribution < -0.4 is 11.1 Å². The second-order valence-electron chi connectivity index (χ2n) is 4.93. The van der Waals surface area contributed by atoms with E-state index in [-0.39, 0.29) is 5.60 Å². The van der Waals surface area contributed by atoms with Crippen LogP contribution in [0.2, 0.25) is 0 Å². The van der Waals surface area contributed by atoms with Crippen LogP contribution in [-0.2, 0) is 10.3 Å². The van der Waals surface area contributed by atoms with Gasteiger partial charge < -0.3 is 15.8 Å². The molecule has 1 unspecified atom stereocenters. The Morgan fingerprint density at radius 3 is 2.76 bits per heavy atom. The van der Waals surface area contributed by atoms with Gasteiger partial charge in [0.25, 0.3) is 0 Å². The lowest BCUT2D eigenvalue weighted by Crippen LogP contribution is -2.46. The Hall–Kier alpha value is -1.10. The van der Waals surface area contributed by atoms with Gasteiger partial charge in [0.1, 0.15) is 5.60 Å². The number of rotatable bonds is 3. The zero-order valence-corrected chi connectivity index (χ0v) is 9.98. The molecule has 0 bridgehead atoms. The van der Waals surface area contributed by atoms with E-state index in [0.717, 1.165) is 45.0 Å². The number of ether oxygens (including phenoxy) is 1. The van der Waals surface area contributed by atoms with Crippen LogP contribution in [0.3, 0.4) is 0 Å². The SMILES string of the molecule is Nc1cccc(C2(CN3CCNCC3)CO2)c1. The molecular weight excluding hydrogens is 214 g/mol. The highest BCUT2D eigenvalue weighted by atomic mass is 16.6. The molecule has 1 aromatic carbocycles. The molecule has 2 aliphatic heterocycles. The molecule has 0 radical (unpaired) electrons. The normalized spacial score (nSPS) is 29.2. The van der Waals surface area contributed by atoms with Gasteiger partial charge in [-0.15, -0.1) is 0 Å². The minimum Gasteiger partial charge on any atom is -0.399 e. The Labute approximate surface area is 102 Å². The zero-order valence-electron chi connectivity index (χ0n) is 9.98. The number of anilines is 1. The van der Waals surface area contributed by atoms with Gasteiger partial charge in [-0.25, -0.2) is 0 Å². The monoisotopic (exact) mass is 233 g/mol. The highest BCUT2D eigenvalue weighted by Crippen LogP contribution is 2.40. The third-order valence-corrected chi connectivity index (χ3v) is 3.59. The summed E-state index contributed by atoms with van der Waals surface area (Å²) in [7, 11) is 0. The summed E-state index contributed by atoms with van der Waals surface area (Å²) >= 11 is 0. The molecule has 17 heavy (non-hydrogen) atoms. The number of benzene rings is 1. The number of nitrogens with one attached hydrogen (secondary N) is 1. The first-order valence-electron chi connectivity index (χ1n) is 6.22. The van der Waals surface area contributed by atoms with Crippen LogP contribution in [0.1, 0.15) is 5.56 Å². The quantitative estimate of drug-likeness (QED) is 0.586. The number of piperazine rings is 1. The van der Waals surface area contributed by atoms with Crippen LogP contribution in [0.4, 0.5) is 5.69 Å². The standard InChI is InChI=1S/C13H19N3O/c14-12-3-1-2-11(8-12)13(10-17-13)9-16-6-4-15-5-7-16/h1-3,8,15H,4-7,9-10,14H2. The molecule has 4 nitrogen and oxygen atoms in total. The lowest BCUT2D eigenvalue weighted by atomic mass is 9.98. The molecule has 2 aliphatic rings. The van der Waals surface area contributed by atoms with Gasteiger partial charge in [0.15, 0.2) is 0 Å². The van der Waals surface area contributed by atoms with Crippen LogP contribution in [0.15, 0.2) is 24.3 Å². The van der Waals surface area contributed by atoms with Crippen molar-refractivity contribution in [2.24, 2.45) is 0 Å². The molecule has 0 amide bonds. The molecule has 2 saturated heterocycles. The molecule has 0 spiro atoms. The van der Waals surface area contributed by atoms with E-state index in [1.807, 2.05) is 18.2 Å². The first-order valence-corrected chi connectivity index (χ1v) is 6.22. The summed E-state index contributed by atoms with van der Waals surface area (Å²) in [4.78, 5) is 2.46. The Bertz CT molecular complexity index is 397. The summed E-state index contributed by atoms with van der Waals surface area (Å²) < 4.78 is 5.72. The molecule has 1 atom stereocenters. The number of hydrogen-bond acceptors (Lipinski definition) is 4. The molecule has 0 aromatic heterocycles. The van der Waals surface area contributed by atoms with Gasteiger partial charge in [-0.05, 0) is 17.7 Å². The lowest BCUT2D eigenvalue weighted by Gasteiger charge is -2.29. The van der Waals surface area contributed by atoms with Crippen LogP contribution in [0.5, 0.6) is 0 Å². The Balaban J connectivity index is 1.73.